The van der Waals surface area contributed by atoms with E-state index in [1.807, 2.05) is 6.92 Å². The van der Waals surface area contributed by atoms with Crippen LogP contribution in [0.4, 0.5) is 10.1 Å². The third kappa shape index (κ3) is 4.14. The lowest BCUT2D eigenvalue weighted by molar-refractivity contribution is -0.156. The number of hydrogen-bond acceptors (Lipinski definition) is 3. The Balaban J connectivity index is 1.65. The van der Waals surface area contributed by atoms with E-state index in [2.05, 4.69) is 5.32 Å². The number of hydrogen-bond donors (Lipinski definition) is 1. The fraction of sp³-hybridized carbons (Fsp3) is 0.250. The minimum atomic E-state index is -0.691. The molecule has 0 atom stereocenters. The Morgan fingerprint density at radius 1 is 1.07 bits per heavy atom. The van der Waals surface area contributed by atoms with E-state index < -0.39 is 23.5 Å². The molecule has 0 spiro atoms. The van der Waals surface area contributed by atoms with Crippen LogP contribution < -0.4 is 5.32 Å². The van der Waals surface area contributed by atoms with Gasteiger partial charge in [0.2, 0.25) is 0 Å². The van der Waals surface area contributed by atoms with Gasteiger partial charge in [0, 0.05) is 31.7 Å². The number of carbonyl (C=O) groups is 3. The molecule has 1 saturated heterocycles. The van der Waals surface area contributed by atoms with E-state index in [-0.39, 0.29) is 17.3 Å². The zero-order valence-electron chi connectivity index (χ0n) is 15.2. The first-order valence-corrected chi connectivity index (χ1v) is 9.21. The van der Waals surface area contributed by atoms with Gasteiger partial charge < -0.3 is 15.1 Å². The minimum Gasteiger partial charge on any atom is -0.333 e. The summed E-state index contributed by atoms with van der Waals surface area (Å²) < 4.78 is 13.9. The van der Waals surface area contributed by atoms with Gasteiger partial charge in [0.25, 0.3) is 5.91 Å². The van der Waals surface area contributed by atoms with Gasteiger partial charge in [-0.2, -0.15) is 0 Å². The van der Waals surface area contributed by atoms with Crippen LogP contribution >= 0.6 is 11.6 Å². The topological polar surface area (TPSA) is 69.7 Å². The number of nitrogens with zero attached hydrogens (tertiary/aromatic N) is 2. The van der Waals surface area contributed by atoms with E-state index >= 15 is 0 Å². The van der Waals surface area contributed by atoms with Gasteiger partial charge in [-0.3, -0.25) is 14.4 Å². The third-order valence-corrected chi connectivity index (χ3v) is 4.86. The molecule has 1 aliphatic heterocycles. The van der Waals surface area contributed by atoms with Crippen LogP contribution in [-0.2, 0) is 16.1 Å². The first-order chi connectivity index (χ1) is 13.4. The number of rotatable bonds is 5. The highest BCUT2D eigenvalue weighted by atomic mass is 35.5. The Bertz CT molecular complexity index is 917. The zero-order valence-corrected chi connectivity index (χ0v) is 16.0. The molecule has 1 aliphatic rings. The van der Waals surface area contributed by atoms with Gasteiger partial charge in [0.1, 0.15) is 0 Å². The number of anilines is 1. The van der Waals surface area contributed by atoms with Crippen LogP contribution in [-0.4, -0.2) is 47.2 Å². The number of piperazine rings is 1. The number of nitrogens with one attached hydrogen (secondary N) is 1. The molecule has 0 aliphatic carbocycles. The normalized spacial score (nSPS) is 14.4. The van der Waals surface area contributed by atoms with Crippen molar-refractivity contribution in [2.75, 3.05) is 25.0 Å². The number of carbonyl (C=O) groups excluding carboxylic acids is 3. The molecule has 8 heteroatoms. The smallest absolute Gasteiger partial charge is 0.312 e. The lowest BCUT2D eigenvalue weighted by Crippen LogP contribution is -2.53. The maximum absolute atomic E-state index is 13.9. The molecule has 0 unspecified atom stereocenters. The molecular weight excluding hydrogens is 385 g/mol. The van der Waals surface area contributed by atoms with Crippen molar-refractivity contribution in [3.05, 3.63) is 64.4 Å². The molecular formula is C20H19ClFN3O3. The van der Waals surface area contributed by atoms with Gasteiger partial charge in [0.05, 0.1) is 10.7 Å². The molecule has 0 saturated carbocycles. The van der Waals surface area contributed by atoms with E-state index in [1.165, 1.54) is 21.9 Å². The maximum Gasteiger partial charge on any atom is 0.312 e. The van der Waals surface area contributed by atoms with Gasteiger partial charge in [-0.15, -0.1) is 0 Å². The molecule has 2 aromatic carbocycles. The SMILES string of the molecule is CCN1CCN(Cc2ccc(C(=O)Nc3cccc(Cl)c3F)cc2)C(=O)C1=O. The van der Waals surface area contributed by atoms with Gasteiger partial charge in [0.15, 0.2) is 5.82 Å². The Kier molecular flexibility index (Phi) is 5.94. The highest BCUT2D eigenvalue weighted by Crippen LogP contribution is 2.22. The Morgan fingerprint density at radius 3 is 2.39 bits per heavy atom. The summed E-state index contributed by atoms with van der Waals surface area (Å²) >= 11 is 5.71. The van der Waals surface area contributed by atoms with Crippen molar-refractivity contribution >= 4 is 35.0 Å². The monoisotopic (exact) mass is 403 g/mol. The van der Waals surface area contributed by atoms with Gasteiger partial charge >= 0.3 is 11.8 Å². The fourth-order valence-electron chi connectivity index (χ4n) is 2.94. The second-order valence-corrected chi connectivity index (χ2v) is 6.77. The van der Waals surface area contributed by atoms with Crippen molar-refractivity contribution in [2.24, 2.45) is 0 Å². The lowest BCUT2D eigenvalue weighted by Gasteiger charge is -2.33. The minimum absolute atomic E-state index is 0.000481. The Morgan fingerprint density at radius 2 is 1.71 bits per heavy atom. The summed E-state index contributed by atoms with van der Waals surface area (Å²) in [7, 11) is 0. The Hall–Kier alpha value is -2.93. The van der Waals surface area contributed by atoms with Crippen LogP contribution in [0.3, 0.4) is 0 Å². The standard InChI is InChI=1S/C20H19ClFN3O3/c1-2-24-10-11-25(20(28)19(24)27)12-13-6-8-14(9-7-13)18(26)23-16-5-3-4-15(21)17(16)22/h3-9H,2,10-12H2,1H3,(H,23,26). The van der Waals surface area contributed by atoms with Crippen LogP contribution in [0.2, 0.25) is 5.02 Å². The molecule has 0 radical (unpaired) electrons. The molecule has 0 aromatic heterocycles. The quantitative estimate of drug-likeness (QED) is 0.780. The van der Waals surface area contributed by atoms with Crippen LogP contribution in [0, 0.1) is 5.82 Å². The molecule has 1 N–H and O–H groups in total. The highest BCUT2D eigenvalue weighted by molar-refractivity contribution is 6.35. The van der Waals surface area contributed by atoms with Gasteiger partial charge in [-0.1, -0.05) is 29.8 Å². The fourth-order valence-corrected chi connectivity index (χ4v) is 3.12. The zero-order chi connectivity index (χ0) is 20.3. The molecule has 3 rings (SSSR count). The summed E-state index contributed by atoms with van der Waals surface area (Å²) in [6.45, 7) is 3.60. The first kappa shape index (κ1) is 19.8. The Labute approximate surface area is 166 Å². The summed E-state index contributed by atoms with van der Waals surface area (Å²) in [5.74, 6) is -2.18. The summed E-state index contributed by atoms with van der Waals surface area (Å²) in [5, 5.41) is 2.41. The maximum atomic E-state index is 13.9. The van der Waals surface area contributed by atoms with E-state index in [0.29, 0.717) is 25.2 Å². The van der Waals surface area contributed by atoms with E-state index in [0.717, 1.165) is 5.56 Å². The van der Waals surface area contributed by atoms with Gasteiger partial charge in [-0.25, -0.2) is 4.39 Å². The van der Waals surface area contributed by atoms with Gasteiger partial charge in [-0.05, 0) is 36.8 Å². The van der Waals surface area contributed by atoms with Crippen LogP contribution in [0.5, 0.6) is 0 Å². The summed E-state index contributed by atoms with van der Waals surface area (Å²) in [6, 6.07) is 10.9. The van der Waals surface area contributed by atoms with Crippen LogP contribution in [0.25, 0.3) is 0 Å². The number of likely N-dealkylation sites (N-methyl/N-ethyl adjacent to an activating group) is 1. The van der Waals surface area contributed by atoms with Crippen molar-refractivity contribution in [3.63, 3.8) is 0 Å². The highest BCUT2D eigenvalue weighted by Gasteiger charge is 2.31. The number of amides is 3. The molecule has 0 bridgehead atoms. The summed E-state index contributed by atoms with van der Waals surface area (Å²) in [4.78, 5) is 39.4. The average Bonchev–Trinajstić information content (AvgIpc) is 2.70. The second kappa shape index (κ2) is 8.39. The largest absolute Gasteiger partial charge is 0.333 e. The van der Waals surface area contributed by atoms with Crippen molar-refractivity contribution in [3.8, 4) is 0 Å². The van der Waals surface area contributed by atoms with Crippen LogP contribution in [0.15, 0.2) is 42.5 Å². The van der Waals surface area contributed by atoms with E-state index in [9.17, 15) is 18.8 Å². The molecule has 6 nitrogen and oxygen atoms in total. The van der Waals surface area contributed by atoms with E-state index in [1.54, 1.807) is 30.3 Å². The molecule has 28 heavy (non-hydrogen) atoms. The summed E-state index contributed by atoms with van der Waals surface area (Å²) in [6.07, 6.45) is 0. The first-order valence-electron chi connectivity index (χ1n) is 8.83. The molecule has 1 fully saturated rings. The molecule has 2 aromatic rings. The van der Waals surface area contributed by atoms with Crippen molar-refractivity contribution in [2.45, 2.75) is 13.5 Å². The van der Waals surface area contributed by atoms with Crippen LogP contribution in [0.1, 0.15) is 22.8 Å². The average molecular weight is 404 g/mol. The predicted octanol–water partition coefficient (Wildman–Crippen LogP) is 2.92. The summed E-state index contributed by atoms with van der Waals surface area (Å²) in [5.41, 5.74) is 1.12. The number of halogens is 2. The molecule has 1 heterocycles. The second-order valence-electron chi connectivity index (χ2n) is 6.36. The van der Waals surface area contributed by atoms with Crippen molar-refractivity contribution in [1.82, 2.24) is 9.80 Å². The number of benzene rings is 2. The lowest BCUT2D eigenvalue weighted by atomic mass is 10.1. The van der Waals surface area contributed by atoms with Crippen molar-refractivity contribution in [1.29, 1.82) is 0 Å². The van der Waals surface area contributed by atoms with Crippen molar-refractivity contribution < 1.29 is 18.8 Å². The predicted molar refractivity (Wildman–Crippen MR) is 103 cm³/mol. The third-order valence-electron chi connectivity index (χ3n) is 4.57. The molecule has 146 valence electrons. The van der Waals surface area contributed by atoms with E-state index in [4.69, 9.17) is 11.6 Å². The molecule has 3 amide bonds.